The minimum atomic E-state index is -0.400. The molecule has 0 atom stereocenters. The van der Waals surface area contributed by atoms with Gasteiger partial charge in [0.05, 0.1) is 17.7 Å². The highest BCUT2D eigenvalue weighted by Crippen LogP contribution is 2.46. The van der Waals surface area contributed by atoms with Gasteiger partial charge < -0.3 is 10.1 Å². The minimum absolute atomic E-state index is 0.127. The van der Waals surface area contributed by atoms with Crippen LogP contribution in [0, 0.1) is 0 Å². The molecule has 0 saturated heterocycles. The molecule has 0 spiro atoms. The number of carbonyl (C=O) groups is 2. The van der Waals surface area contributed by atoms with Crippen molar-refractivity contribution in [2.75, 3.05) is 11.9 Å². The molecule has 3 rings (SSSR count). The summed E-state index contributed by atoms with van der Waals surface area (Å²) in [5.74, 6) is -0.403. The smallest absolute Gasteiger partial charge is 0.341 e. The number of pyridine rings is 1. The van der Waals surface area contributed by atoms with Crippen LogP contribution in [0.2, 0.25) is 5.15 Å². The first kappa shape index (κ1) is 16.0. The maximum atomic E-state index is 12.4. The molecule has 23 heavy (non-hydrogen) atoms. The Kier molecular flexibility index (Phi) is 4.63. The summed E-state index contributed by atoms with van der Waals surface area (Å²) >= 11 is 7.27. The van der Waals surface area contributed by atoms with Crippen molar-refractivity contribution in [3.63, 3.8) is 0 Å². The summed E-state index contributed by atoms with van der Waals surface area (Å²) in [6.07, 6.45) is 3.63. The predicted octanol–water partition coefficient (Wildman–Crippen LogP) is 4.10. The first-order chi connectivity index (χ1) is 11.1. The second-order valence-electron chi connectivity index (χ2n) is 5.19. The quantitative estimate of drug-likeness (QED) is 0.651. The lowest BCUT2D eigenvalue weighted by molar-refractivity contribution is 0.0527. The van der Waals surface area contributed by atoms with Gasteiger partial charge in [-0.3, -0.25) is 4.79 Å². The predicted molar refractivity (Wildman–Crippen MR) is 89.5 cm³/mol. The van der Waals surface area contributed by atoms with E-state index in [9.17, 15) is 9.59 Å². The molecule has 2 heterocycles. The average Bonchev–Trinajstić information content (AvgIpc) is 3.29. The van der Waals surface area contributed by atoms with Gasteiger partial charge in [0.25, 0.3) is 5.91 Å². The van der Waals surface area contributed by atoms with Gasteiger partial charge >= 0.3 is 5.97 Å². The van der Waals surface area contributed by atoms with E-state index in [4.69, 9.17) is 16.3 Å². The third kappa shape index (κ3) is 3.38. The van der Waals surface area contributed by atoms with E-state index in [1.54, 1.807) is 19.1 Å². The van der Waals surface area contributed by atoms with Crippen LogP contribution in [0.25, 0.3) is 0 Å². The van der Waals surface area contributed by atoms with Crippen LogP contribution in [-0.2, 0) is 4.74 Å². The van der Waals surface area contributed by atoms with Gasteiger partial charge in [0.1, 0.15) is 10.2 Å². The van der Waals surface area contributed by atoms with Gasteiger partial charge in [-0.2, -0.15) is 0 Å². The van der Waals surface area contributed by atoms with Gasteiger partial charge in [0, 0.05) is 6.20 Å². The van der Waals surface area contributed by atoms with E-state index in [0.717, 1.165) is 18.4 Å². The number of anilines is 1. The standard InChI is InChI=1S/C16H15ClN2O3S/c1-2-22-16(21)12-11(9-5-6-9)8-23-15(12)19-14(20)10-4-3-7-18-13(10)17/h3-4,7-9H,2,5-6H2,1H3,(H,19,20). The van der Waals surface area contributed by atoms with Gasteiger partial charge in [0.2, 0.25) is 0 Å². The molecular formula is C16H15ClN2O3S. The molecular weight excluding hydrogens is 336 g/mol. The maximum absolute atomic E-state index is 12.4. The van der Waals surface area contributed by atoms with Gasteiger partial charge in [-0.05, 0) is 48.8 Å². The first-order valence-electron chi connectivity index (χ1n) is 7.32. The van der Waals surface area contributed by atoms with Crippen molar-refractivity contribution >= 4 is 39.8 Å². The highest BCUT2D eigenvalue weighted by atomic mass is 35.5. The number of rotatable bonds is 5. The summed E-state index contributed by atoms with van der Waals surface area (Å²) in [6, 6.07) is 3.22. The van der Waals surface area contributed by atoms with Crippen LogP contribution in [0.1, 0.15) is 52.0 Å². The van der Waals surface area contributed by atoms with E-state index in [1.165, 1.54) is 17.5 Å². The maximum Gasteiger partial charge on any atom is 0.341 e. The minimum Gasteiger partial charge on any atom is -0.462 e. The van der Waals surface area contributed by atoms with Crippen LogP contribution in [-0.4, -0.2) is 23.5 Å². The normalized spacial score (nSPS) is 13.7. The summed E-state index contributed by atoms with van der Waals surface area (Å²) in [4.78, 5) is 28.5. The summed E-state index contributed by atoms with van der Waals surface area (Å²) in [5, 5.41) is 5.31. The molecule has 0 aliphatic heterocycles. The number of aromatic nitrogens is 1. The Labute approximate surface area is 142 Å². The summed E-state index contributed by atoms with van der Waals surface area (Å²) < 4.78 is 5.13. The Morgan fingerprint density at radius 2 is 2.26 bits per heavy atom. The second-order valence-corrected chi connectivity index (χ2v) is 6.42. The Hall–Kier alpha value is -1.92. The SMILES string of the molecule is CCOC(=O)c1c(C2CC2)csc1NC(=O)c1cccnc1Cl. The molecule has 1 aliphatic rings. The second kappa shape index (κ2) is 6.68. The fraction of sp³-hybridized carbons (Fsp3) is 0.312. The molecule has 1 amide bonds. The van der Waals surface area contributed by atoms with E-state index >= 15 is 0 Å². The monoisotopic (exact) mass is 350 g/mol. The molecule has 0 aromatic carbocycles. The lowest BCUT2D eigenvalue weighted by Gasteiger charge is -2.08. The van der Waals surface area contributed by atoms with E-state index in [2.05, 4.69) is 10.3 Å². The zero-order valence-corrected chi connectivity index (χ0v) is 14.0. The fourth-order valence-corrected chi connectivity index (χ4v) is 3.53. The molecule has 0 radical (unpaired) electrons. The van der Waals surface area contributed by atoms with Crippen LogP contribution in [0.3, 0.4) is 0 Å². The molecule has 0 bridgehead atoms. The highest BCUT2D eigenvalue weighted by Gasteiger charge is 2.32. The molecule has 5 nitrogen and oxygen atoms in total. The van der Waals surface area contributed by atoms with Crippen LogP contribution in [0.15, 0.2) is 23.7 Å². The molecule has 120 valence electrons. The third-order valence-electron chi connectivity index (χ3n) is 3.55. The summed E-state index contributed by atoms with van der Waals surface area (Å²) in [5.41, 5.74) is 1.69. The number of hydrogen-bond donors (Lipinski definition) is 1. The summed E-state index contributed by atoms with van der Waals surface area (Å²) in [7, 11) is 0. The highest BCUT2D eigenvalue weighted by molar-refractivity contribution is 7.15. The van der Waals surface area contributed by atoms with E-state index in [0.29, 0.717) is 23.1 Å². The number of amides is 1. The average molecular weight is 351 g/mol. The molecule has 1 fully saturated rings. The van der Waals surface area contributed by atoms with Crippen molar-refractivity contribution in [3.05, 3.63) is 45.6 Å². The van der Waals surface area contributed by atoms with Crippen molar-refractivity contribution in [1.82, 2.24) is 4.98 Å². The molecule has 0 unspecified atom stereocenters. The lowest BCUT2D eigenvalue weighted by Crippen LogP contribution is -2.15. The zero-order chi connectivity index (χ0) is 16.4. The Morgan fingerprint density at radius 3 is 2.91 bits per heavy atom. The van der Waals surface area contributed by atoms with Crippen molar-refractivity contribution in [2.45, 2.75) is 25.7 Å². The van der Waals surface area contributed by atoms with Crippen LogP contribution in [0.4, 0.5) is 5.00 Å². The van der Waals surface area contributed by atoms with E-state index in [-0.39, 0.29) is 10.7 Å². The molecule has 1 N–H and O–H groups in total. The molecule has 2 aromatic rings. The van der Waals surface area contributed by atoms with Gasteiger partial charge in [0.15, 0.2) is 0 Å². The van der Waals surface area contributed by atoms with Crippen molar-refractivity contribution < 1.29 is 14.3 Å². The number of hydrogen-bond acceptors (Lipinski definition) is 5. The van der Waals surface area contributed by atoms with Crippen molar-refractivity contribution in [2.24, 2.45) is 0 Å². The Balaban J connectivity index is 1.89. The number of ether oxygens (including phenoxy) is 1. The van der Waals surface area contributed by atoms with Crippen LogP contribution in [0.5, 0.6) is 0 Å². The topological polar surface area (TPSA) is 68.3 Å². The van der Waals surface area contributed by atoms with E-state index in [1.807, 2.05) is 5.38 Å². The molecule has 1 saturated carbocycles. The van der Waals surface area contributed by atoms with Crippen molar-refractivity contribution in [3.8, 4) is 0 Å². The largest absolute Gasteiger partial charge is 0.462 e. The summed E-state index contributed by atoms with van der Waals surface area (Å²) in [6.45, 7) is 2.05. The fourth-order valence-electron chi connectivity index (χ4n) is 2.30. The van der Waals surface area contributed by atoms with Gasteiger partial charge in [-0.1, -0.05) is 11.6 Å². The first-order valence-corrected chi connectivity index (χ1v) is 8.58. The van der Waals surface area contributed by atoms with Gasteiger partial charge in [-0.15, -0.1) is 11.3 Å². The molecule has 2 aromatic heterocycles. The molecule has 7 heteroatoms. The zero-order valence-electron chi connectivity index (χ0n) is 12.5. The number of thiophene rings is 1. The van der Waals surface area contributed by atoms with Crippen LogP contribution < -0.4 is 5.32 Å². The number of nitrogens with zero attached hydrogens (tertiary/aromatic N) is 1. The number of esters is 1. The van der Waals surface area contributed by atoms with E-state index < -0.39 is 11.9 Å². The third-order valence-corrected chi connectivity index (χ3v) is 4.76. The Morgan fingerprint density at radius 1 is 1.48 bits per heavy atom. The Bertz CT molecular complexity index is 756. The van der Waals surface area contributed by atoms with Crippen molar-refractivity contribution in [1.29, 1.82) is 0 Å². The molecule has 1 aliphatic carbocycles. The van der Waals surface area contributed by atoms with Gasteiger partial charge in [-0.25, -0.2) is 9.78 Å². The number of halogens is 1. The lowest BCUT2D eigenvalue weighted by atomic mass is 10.1. The number of carbonyl (C=O) groups excluding carboxylic acids is 2. The number of nitrogens with one attached hydrogen (secondary N) is 1. The van der Waals surface area contributed by atoms with Crippen LogP contribution >= 0.6 is 22.9 Å².